The summed E-state index contributed by atoms with van der Waals surface area (Å²) in [7, 11) is 0. The molecule has 0 aliphatic rings. The predicted octanol–water partition coefficient (Wildman–Crippen LogP) is 4.85. The molecule has 0 saturated heterocycles. The number of benzene rings is 2. The smallest absolute Gasteiger partial charge is 0.276 e. The number of aromatic nitrogens is 2. The van der Waals surface area contributed by atoms with Crippen molar-refractivity contribution in [3.05, 3.63) is 69.6 Å². The van der Waals surface area contributed by atoms with Crippen LogP contribution in [0.15, 0.2) is 47.3 Å². The van der Waals surface area contributed by atoms with E-state index in [2.05, 4.69) is 17.3 Å². The number of aryl methyl sites for hydroxylation is 3. The lowest BCUT2D eigenvalue weighted by atomic mass is 10.1. The third-order valence-corrected chi connectivity index (χ3v) is 4.94. The number of carbonyl (C=O) groups excluding carboxylic acids is 1. The maximum absolute atomic E-state index is 13.0. The lowest BCUT2D eigenvalue weighted by Crippen LogP contribution is -2.28. The Bertz CT molecular complexity index is 1050. The van der Waals surface area contributed by atoms with Gasteiger partial charge in [-0.05, 0) is 38.0 Å². The summed E-state index contributed by atoms with van der Waals surface area (Å²) in [5, 5.41) is 8.50. The van der Waals surface area contributed by atoms with Crippen LogP contribution in [0.1, 0.15) is 54.2 Å². The number of carbonyl (C=O) groups is 1. The van der Waals surface area contributed by atoms with Crippen molar-refractivity contribution in [1.82, 2.24) is 9.78 Å². The van der Waals surface area contributed by atoms with Gasteiger partial charge in [-0.2, -0.15) is 5.10 Å². The van der Waals surface area contributed by atoms with Crippen molar-refractivity contribution in [3.63, 3.8) is 0 Å². The molecule has 0 unspecified atom stereocenters. The summed E-state index contributed by atoms with van der Waals surface area (Å²) in [6.07, 6.45) is 4.17. The number of nitrogens with zero attached hydrogens (tertiary/aromatic N) is 2. The number of hydrogen-bond donors (Lipinski definition) is 1. The molecule has 0 aliphatic heterocycles. The second-order valence-corrected chi connectivity index (χ2v) is 7.26. The molecule has 1 N–H and O–H groups in total. The van der Waals surface area contributed by atoms with Crippen LogP contribution in [0.4, 0.5) is 5.69 Å². The molecule has 1 aromatic heterocycles. The van der Waals surface area contributed by atoms with Crippen LogP contribution in [0.25, 0.3) is 10.8 Å². The van der Waals surface area contributed by atoms with Crippen molar-refractivity contribution < 1.29 is 4.79 Å². The number of nitrogens with one attached hydrogen (secondary N) is 1. The average Bonchev–Trinajstić information content (AvgIpc) is 2.69. The molecule has 1 heterocycles. The first-order valence-electron chi connectivity index (χ1n) is 9.89. The maximum atomic E-state index is 13.0. The molecule has 5 heteroatoms. The average molecular weight is 377 g/mol. The van der Waals surface area contributed by atoms with Crippen molar-refractivity contribution in [1.29, 1.82) is 0 Å². The second-order valence-electron chi connectivity index (χ2n) is 7.26. The summed E-state index contributed by atoms with van der Waals surface area (Å²) >= 11 is 0. The summed E-state index contributed by atoms with van der Waals surface area (Å²) in [5.41, 5.74) is 3.02. The number of fused-ring (bicyclic) bond motifs is 1. The standard InChI is InChI=1S/C23H27N3O2/c1-4-5-6-9-14-26-23(28)19-11-8-7-10-18(19)21(25-26)22(27)24-20-13-12-16(2)15-17(20)3/h7-8,10-13,15H,4-6,9,14H2,1-3H3,(H,24,27). The quantitative estimate of drug-likeness (QED) is 0.599. The van der Waals surface area contributed by atoms with E-state index >= 15 is 0 Å². The van der Waals surface area contributed by atoms with E-state index in [4.69, 9.17) is 0 Å². The van der Waals surface area contributed by atoms with Gasteiger partial charge in [0.05, 0.1) is 5.39 Å². The fourth-order valence-corrected chi connectivity index (χ4v) is 3.38. The van der Waals surface area contributed by atoms with Gasteiger partial charge < -0.3 is 5.32 Å². The van der Waals surface area contributed by atoms with Gasteiger partial charge in [0.1, 0.15) is 0 Å². The fraction of sp³-hybridized carbons (Fsp3) is 0.348. The summed E-state index contributed by atoms with van der Waals surface area (Å²) in [6, 6.07) is 13.1. The zero-order chi connectivity index (χ0) is 20.1. The van der Waals surface area contributed by atoms with E-state index in [1.54, 1.807) is 12.1 Å². The Morgan fingerprint density at radius 2 is 1.79 bits per heavy atom. The summed E-state index contributed by atoms with van der Waals surface area (Å²) in [5.74, 6) is -0.300. The van der Waals surface area contributed by atoms with Gasteiger partial charge in [-0.15, -0.1) is 0 Å². The van der Waals surface area contributed by atoms with Crippen LogP contribution in [0, 0.1) is 13.8 Å². The van der Waals surface area contributed by atoms with E-state index in [1.165, 1.54) is 4.68 Å². The molecule has 0 bridgehead atoms. The van der Waals surface area contributed by atoms with Gasteiger partial charge in [-0.25, -0.2) is 4.68 Å². The molecule has 0 aliphatic carbocycles. The van der Waals surface area contributed by atoms with Crippen LogP contribution in [0.5, 0.6) is 0 Å². The Balaban J connectivity index is 1.97. The van der Waals surface area contributed by atoms with E-state index in [1.807, 2.05) is 44.2 Å². The molecule has 0 atom stereocenters. The first kappa shape index (κ1) is 19.8. The highest BCUT2D eigenvalue weighted by atomic mass is 16.2. The van der Waals surface area contributed by atoms with E-state index < -0.39 is 0 Å². The molecule has 146 valence electrons. The van der Waals surface area contributed by atoms with Gasteiger partial charge in [0.25, 0.3) is 11.5 Å². The van der Waals surface area contributed by atoms with E-state index in [-0.39, 0.29) is 17.2 Å². The predicted molar refractivity (Wildman–Crippen MR) is 114 cm³/mol. The van der Waals surface area contributed by atoms with E-state index in [9.17, 15) is 9.59 Å². The third kappa shape index (κ3) is 4.30. The highest BCUT2D eigenvalue weighted by molar-refractivity contribution is 6.11. The topological polar surface area (TPSA) is 64.0 Å². The molecule has 0 spiro atoms. The normalized spacial score (nSPS) is 11.0. The SMILES string of the molecule is CCCCCCn1nc(C(=O)Nc2ccc(C)cc2C)c2ccccc2c1=O. The van der Waals surface area contributed by atoms with Crippen molar-refractivity contribution in [2.45, 2.75) is 53.0 Å². The number of hydrogen-bond acceptors (Lipinski definition) is 3. The number of amides is 1. The molecule has 3 rings (SSSR count). The van der Waals surface area contributed by atoms with Crippen LogP contribution >= 0.6 is 0 Å². The minimum atomic E-state index is -0.300. The van der Waals surface area contributed by atoms with Gasteiger partial charge in [0.2, 0.25) is 0 Å². The number of anilines is 1. The first-order valence-corrected chi connectivity index (χ1v) is 9.89. The van der Waals surface area contributed by atoms with Crippen molar-refractivity contribution in [2.75, 3.05) is 5.32 Å². The number of rotatable bonds is 7. The molecule has 5 nitrogen and oxygen atoms in total. The van der Waals surface area contributed by atoms with Crippen LogP contribution in [0.2, 0.25) is 0 Å². The molecular formula is C23H27N3O2. The lowest BCUT2D eigenvalue weighted by Gasteiger charge is -2.13. The summed E-state index contributed by atoms with van der Waals surface area (Å²) in [6.45, 7) is 6.65. The van der Waals surface area contributed by atoms with Gasteiger partial charge in [0, 0.05) is 17.6 Å². The Morgan fingerprint density at radius 3 is 2.50 bits per heavy atom. The van der Waals surface area contributed by atoms with Crippen molar-refractivity contribution in [3.8, 4) is 0 Å². The van der Waals surface area contributed by atoms with Crippen LogP contribution in [-0.4, -0.2) is 15.7 Å². The van der Waals surface area contributed by atoms with Crippen molar-refractivity contribution in [2.24, 2.45) is 0 Å². The van der Waals surface area contributed by atoms with Crippen molar-refractivity contribution >= 4 is 22.4 Å². The zero-order valence-electron chi connectivity index (χ0n) is 16.8. The second kappa shape index (κ2) is 8.83. The van der Waals surface area contributed by atoms with E-state index in [0.717, 1.165) is 42.5 Å². The molecular weight excluding hydrogens is 350 g/mol. The monoisotopic (exact) mass is 377 g/mol. The Hall–Kier alpha value is -2.95. The van der Waals surface area contributed by atoms with Gasteiger partial charge in [0.15, 0.2) is 5.69 Å². The molecule has 1 amide bonds. The highest BCUT2D eigenvalue weighted by Crippen LogP contribution is 2.19. The summed E-state index contributed by atoms with van der Waals surface area (Å²) < 4.78 is 1.44. The van der Waals surface area contributed by atoms with Crippen LogP contribution in [0.3, 0.4) is 0 Å². The molecule has 0 saturated carbocycles. The molecule has 28 heavy (non-hydrogen) atoms. The molecule has 0 radical (unpaired) electrons. The molecule has 3 aromatic rings. The van der Waals surface area contributed by atoms with Gasteiger partial charge >= 0.3 is 0 Å². The van der Waals surface area contributed by atoms with Crippen LogP contribution in [-0.2, 0) is 6.54 Å². The largest absolute Gasteiger partial charge is 0.320 e. The minimum Gasteiger partial charge on any atom is -0.320 e. The third-order valence-electron chi connectivity index (χ3n) is 4.94. The molecule has 2 aromatic carbocycles. The maximum Gasteiger partial charge on any atom is 0.276 e. The fourth-order valence-electron chi connectivity index (χ4n) is 3.38. The van der Waals surface area contributed by atoms with Crippen LogP contribution < -0.4 is 10.9 Å². The lowest BCUT2D eigenvalue weighted by molar-refractivity contribution is 0.102. The Morgan fingerprint density at radius 1 is 1.04 bits per heavy atom. The Kier molecular flexibility index (Phi) is 6.24. The van der Waals surface area contributed by atoms with E-state index in [0.29, 0.717) is 17.3 Å². The minimum absolute atomic E-state index is 0.143. The Labute approximate surface area is 165 Å². The first-order chi connectivity index (χ1) is 13.5. The number of unbranched alkanes of at least 4 members (excludes halogenated alkanes) is 3. The van der Waals surface area contributed by atoms with Gasteiger partial charge in [-0.1, -0.05) is 62.1 Å². The zero-order valence-corrected chi connectivity index (χ0v) is 16.8. The summed E-state index contributed by atoms with van der Waals surface area (Å²) in [4.78, 5) is 25.8. The van der Waals surface area contributed by atoms with Gasteiger partial charge in [-0.3, -0.25) is 9.59 Å². The highest BCUT2D eigenvalue weighted by Gasteiger charge is 2.17. The molecule has 0 fully saturated rings.